The van der Waals surface area contributed by atoms with Crippen LogP contribution in [0.1, 0.15) is 18.1 Å². The summed E-state index contributed by atoms with van der Waals surface area (Å²) in [6.07, 6.45) is 0.681. The fraction of sp³-hybridized carbons (Fsp3) is 0.182. The first kappa shape index (κ1) is 19.8. The molecule has 0 saturated carbocycles. The highest BCUT2D eigenvalue weighted by Crippen LogP contribution is 2.25. The molecule has 0 unspecified atom stereocenters. The van der Waals surface area contributed by atoms with Crippen LogP contribution in [0.2, 0.25) is 0 Å². The first-order valence-corrected chi connectivity index (χ1v) is 10.5. The normalized spacial score (nSPS) is 11.1. The standard InChI is InChI=1S/C22H23NO4S/c1-3-18-15-21(13-14-22(18)26-2)28(24,25)23-19-9-11-20(12-10-19)27-16-17-7-5-4-6-8-17/h4-15,23H,3,16H2,1-2H3. The second kappa shape index (κ2) is 8.80. The lowest BCUT2D eigenvalue weighted by Gasteiger charge is -2.12. The van der Waals surface area contributed by atoms with Crippen LogP contribution >= 0.6 is 0 Å². The van der Waals surface area contributed by atoms with Gasteiger partial charge in [0.05, 0.1) is 12.0 Å². The molecule has 0 saturated heterocycles. The first-order valence-electron chi connectivity index (χ1n) is 8.98. The first-order chi connectivity index (χ1) is 13.5. The Morgan fingerprint density at radius 2 is 1.64 bits per heavy atom. The summed E-state index contributed by atoms with van der Waals surface area (Å²) >= 11 is 0. The lowest BCUT2D eigenvalue weighted by molar-refractivity contribution is 0.306. The number of methoxy groups -OCH3 is 1. The number of hydrogen-bond acceptors (Lipinski definition) is 4. The molecule has 0 heterocycles. The molecule has 0 aliphatic carbocycles. The summed E-state index contributed by atoms with van der Waals surface area (Å²) in [7, 11) is -2.11. The zero-order chi connectivity index (χ0) is 20.0. The second-order valence-electron chi connectivity index (χ2n) is 6.23. The molecule has 3 aromatic rings. The average Bonchev–Trinajstić information content (AvgIpc) is 2.73. The number of nitrogens with one attached hydrogen (secondary N) is 1. The average molecular weight is 397 g/mol. The predicted octanol–water partition coefficient (Wildman–Crippen LogP) is 4.64. The minimum absolute atomic E-state index is 0.203. The molecule has 0 aromatic heterocycles. The third-order valence-electron chi connectivity index (χ3n) is 4.30. The minimum Gasteiger partial charge on any atom is -0.496 e. The van der Waals surface area contributed by atoms with Gasteiger partial charge in [-0.1, -0.05) is 37.3 Å². The van der Waals surface area contributed by atoms with Crippen LogP contribution in [0.3, 0.4) is 0 Å². The number of rotatable bonds is 8. The largest absolute Gasteiger partial charge is 0.496 e. The fourth-order valence-electron chi connectivity index (χ4n) is 2.77. The Hall–Kier alpha value is -2.99. The van der Waals surface area contributed by atoms with Crippen molar-refractivity contribution in [1.29, 1.82) is 0 Å². The van der Waals surface area contributed by atoms with Crippen molar-refractivity contribution in [3.63, 3.8) is 0 Å². The van der Waals surface area contributed by atoms with Gasteiger partial charge in [0.25, 0.3) is 10.0 Å². The summed E-state index contributed by atoms with van der Waals surface area (Å²) in [6.45, 7) is 2.41. The van der Waals surface area contributed by atoms with Gasteiger partial charge in [0.2, 0.25) is 0 Å². The van der Waals surface area contributed by atoms with Crippen LogP contribution in [0, 0.1) is 0 Å². The van der Waals surface area contributed by atoms with Crippen molar-refractivity contribution >= 4 is 15.7 Å². The number of ether oxygens (including phenoxy) is 2. The Bertz CT molecular complexity index is 1020. The molecule has 1 N–H and O–H groups in total. The van der Waals surface area contributed by atoms with Gasteiger partial charge in [-0.05, 0) is 60.0 Å². The van der Waals surface area contributed by atoms with Gasteiger partial charge in [-0.25, -0.2) is 8.42 Å². The monoisotopic (exact) mass is 397 g/mol. The Kier molecular flexibility index (Phi) is 6.21. The molecular formula is C22H23NO4S. The van der Waals surface area contributed by atoms with Crippen LogP contribution in [0.4, 0.5) is 5.69 Å². The molecule has 0 amide bonds. The van der Waals surface area contributed by atoms with Crippen molar-refractivity contribution < 1.29 is 17.9 Å². The molecule has 0 bridgehead atoms. The summed E-state index contributed by atoms with van der Waals surface area (Å²) in [4.78, 5) is 0.203. The van der Waals surface area contributed by atoms with Crippen molar-refractivity contribution in [3.05, 3.63) is 83.9 Å². The Morgan fingerprint density at radius 1 is 0.929 bits per heavy atom. The highest BCUT2D eigenvalue weighted by Gasteiger charge is 2.16. The highest BCUT2D eigenvalue weighted by molar-refractivity contribution is 7.92. The van der Waals surface area contributed by atoms with Crippen molar-refractivity contribution in [1.82, 2.24) is 0 Å². The van der Waals surface area contributed by atoms with Crippen LogP contribution in [-0.2, 0) is 23.1 Å². The maximum Gasteiger partial charge on any atom is 0.261 e. The van der Waals surface area contributed by atoms with E-state index in [2.05, 4.69) is 4.72 Å². The predicted molar refractivity (Wildman–Crippen MR) is 110 cm³/mol. The zero-order valence-corrected chi connectivity index (χ0v) is 16.7. The van der Waals surface area contributed by atoms with E-state index in [1.165, 1.54) is 6.07 Å². The molecular weight excluding hydrogens is 374 g/mol. The Morgan fingerprint density at radius 3 is 2.29 bits per heavy atom. The van der Waals surface area contributed by atoms with Gasteiger partial charge in [-0.15, -0.1) is 0 Å². The van der Waals surface area contributed by atoms with Gasteiger partial charge in [-0.2, -0.15) is 0 Å². The van der Waals surface area contributed by atoms with Crippen LogP contribution in [0.5, 0.6) is 11.5 Å². The van der Waals surface area contributed by atoms with Crippen molar-refractivity contribution in [2.24, 2.45) is 0 Å². The molecule has 0 radical (unpaired) electrons. The molecule has 146 valence electrons. The van der Waals surface area contributed by atoms with E-state index < -0.39 is 10.0 Å². The van der Waals surface area contributed by atoms with E-state index in [4.69, 9.17) is 9.47 Å². The molecule has 5 nitrogen and oxygen atoms in total. The molecule has 3 aromatic carbocycles. The Labute approximate surface area is 166 Å². The molecule has 0 aliphatic heterocycles. The summed E-state index contributed by atoms with van der Waals surface area (Å²) in [5.74, 6) is 1.35. The van der Waals surface area contributed by atoms with Gasteiger partial charge in [0.1, 0.15) is 18.1 Å². The Balaban J connectivity index is 1.69. The van der Waals surface area contributed by atoms with E-state index in [9.17, 15) is 8.42 Å². The van der Waals surface area contributed by atoms with E-state index in [1.54, 1.807) is 43.5 Å². The van der Waals surface area contributed by atoms with E-state index in [-0.39, 0.29) is 4.90 Å². The summed E-state index contributed by atoms with van der Waals surface area (Å²) < 4.78 is 39.0. The smallest absolute Gasteiger partial charge is 0.261 e. The third-order valence-corrected chi connectivity index (χ3v) is 5.68. The number of anilines is 1. The molecule has 6 heteroatoms. The number of aryl methyl sites for hydroxylation is 1. The van der Waals surface area contributed by atoms with Gasteiger partial charge in [0, 0.05) is 5.69 Å². The minimum atomic E-state index is -3.69. The van der Waals surface area contributed by atoms with Gasteiger partial charge < -0.3 is 9.47 Å². The molecule has 0 fully saturated rings. The molecule has 0 spiro atoms. The molecule has 0 aliphatic rings. The van der Waals surface area contributed by atoms with Crippen molar-refractivity contribution in [3.8, 4) is 11.5 Å². The topological polar surface area (TPSA) is 64.6 Å². The second-order valence-corrected chi connectivity index (χ2v) is 7.91. The van der Waals surface area contributed by atoms with E-state index in [1.807, 2.05) is 37.3 Å². The zero-order valence-electron chi connectivity index (χ0n) is 15.9. The number of hydrogen-bond donors (Lipinski definition) is 1. The van der Waals surface area contributed by atoms with Crippen molar-refractivity contribution in [2.75, 3.05) is 11.8 Å². The molecule has 3 rings (SSSR count). The number of sulfonamides is 1. The van der Waals surface area contributed by atoms with Crippen LogP contribution in [-0.4, -0.2) is 15.5 Å². The third kappa shape index (κ3) is 4.84. The highest BCUT2D eigenvalue weighted by atomic mass is 32.2. The van der Waals surface area contributed by atoms with Gasteiger partial charge >= 0.3 is 0 Å². The van der Waals surface area contributed by atoms with E-state index in [0.29, 0.717) is 30.2 Å². The van der Waals surface area contributed by atoms with Crippen LogP contribution in [0.15, 0.2) is 77.7 Å². The van der Waals surface area contributed by atoms with Crippen molar-refractivity contribution in [2.45, 2.75) is 24.8 Å². The molecule has 28 heavy (non-hydrogen) atoms. The SMILES string of the molecule is CCc1cc(S(=O)(=O)Nc2ccc(OCc3ccccc3)cc2)ccc1OC. The number of benzene rings is 3. The van der Waals surface area contributed by atoms with E-state index in [0.717, 1.165) is 11.1 Å². The lowest BCUT2D eigenvalue weighted by atomic mass is 10.1. The summed E-state index contributed by atoms with van der Waals surface area (Å²) in [5.41, 5.74) is 2.38. The lowest BCUT2D eigenvalue weighted by Crippen LogP contribution is -2.13. The fourth-order valence-corrected chi connectivity index (χ4v) is 3.88. The summed E-state index contributed by atoms with van der Waals surface area (Å²) in [6, 6.07) is 21.5. The maximum atomic E-state index is 12.7. The maximum absolute atomic E-state index is 12.7. The quantitative estimate of drug-likeness (QED) is 0.601. The van der Waals surface area contributed by atoms with E-state index >= 15 is 0 Å². The van der Waals surface area contributed by atoms with Crippen LogP contribution in [0.25, 0.3) is 0 Å². The molecule has 0 atom stereocenters. The summed E-state index contributed by atoms with van der Waals surface area (Å²) in [5, 5.41) is 0. The van der Waals surface area contributed by atoms with Gasteiger partial charge in [0.15, 0.2) is 0 Å². The van der Waals surface area contributed by atoms with Crippen LogP contribution < -0.4 is 14.2 Å². The van der Waals surface area contributed by atoms with Gasteiger partial charge in [-0.3, -0.25) is 4.72 Å².